The lowest BCUT2D eigenvalue weighted by atomic mass is 9.93. The Hall–Kier alpha value is -3.88. The molecule has 2 unspecified atom stereocenters. The van der Waals surface area contributed by atoms with Gasteiger partial charge in [0.05, 0.1) is 5.52 Å². The molecular weight excluding hydrogens is 474 g/mol. The number of nitrogens with one attached hydrogen (secondary N) is 2. The van der Waals surface area contributed by atoms with Crippen LogP contribution in [0.5, 0.6) is 5.75 Å². The van der Waals surface area contributed by atoms with E-state index < -0.39 is 35.5 Å². The standard InChI is InChI=1S/C27H25F4N3O2/c1-26(2,3)25(35)32-24(27(29,30)31)23(17-7-5-4-6-8-17)36-19-13-14-21-20(15-19)22(34-33-21)16-9-11-18(28)12-10-16/h4-15,23-24H,1-3H3,(H,32,35)(H,33,34). The monoisotopic (exact) mass is 499 g/mol. The number of aromatic amines is 1. The van der Waals surface area contributed by atoms with E-state index in [4.69, 9.17) is 4.74 Å². The molecule has 3 aromatic carbocycles. The Bertz CT molecular complexity index is 1340. The maximum Gasteiger partial charge on any atom is 0.412 e. The van der Waals surface area contributed by atoms with E-state index in [-0.39, 0.29) is 11.3 Å². The van der Waals surface area contributed by atoms with Crippen LogP contribution >= 0.6 is 0 Å². The molecule has 188 valence electrons. The van der Waals surface area contributed by atoms with Crippen LogP contribution in [-0.4, -0.2) is 28.3 Å². The molecule has 0 saturated heterocycles. The number of carbonyl (C=O) groups is 1. The SMILES string of the molecule is CC(C)(C)C(=O)NC(C(Oc1ccc2[nH]nc(-c3ccc(F)cc3)c2c1)c1ccccc1)C(F)(F)F. The fourth-order valence-electron chi connectivity index (χ4n) is 3.70. The molecular formula is C27H25F4N3O2. The molecule has 4 aromatic rings. The number of hydrogen-bond donors (Lipinski definition) is 2. The van der Waals surface area contributed by atoms with Crippen LogP contribution in [0.2, 0.25) is 0 Å². The van der Waals surface area contributed by atoms with E-state index in [2.05, 4.69) is 15.5 Å². The van der Waals surface area contributed by atoms with Gasteiger partial charge in [-0.15, -0.1) is 0 Å². The zero-order valence-electron chi connectivity index (χ0n) is 19.9. The summed E-state index contributed by atoms with van der Waals surface area (Å²) in [5.74, 6) is -0.998. The molecule has 0 bridgehead atoms. The average molecular weight is 500 g/mol. The van der Waals surface area contributed by atoms with Crippen LogP contribution in [-0.2, 0) is 4.79 Å². The molecule has 9 heteroatoms. The number of H-pyrrole nitrogens is 1. The molecule has 0 aliphatic carbocycles. The fourth-order valence-corrected chi connectivity index (χ4v) is 3.70. The highest BCUT2D eigenvalue weighted by Gasteiger charge is 2.48. The molecule has 1 heterocycles. The minimum Gasteiger partial charge on any atom is -0.483 e. The Labute approximate surface area is 205 Å². The number of alkyl halides is 3. The molecule has 0 radical (unpaired) electrons. The third-order valence-electron chi connectivity index (χ3n) is 5.67. The number of halogens is 4. The first kappa shape index (κ1) is 25.2. The predicted octanol–water partition coefficient (Wildman–Crippen LogP) is 6.58. The summed E-state index contributed by atoms with van der Waals surface area (Å²) < 4.78 is 62.2. The van der Waals surface area contributed by atoms with Crippen molar-refractivity contribution in [3.63, 3.8) is 0 Å². The summed E-state index contributed by atoms with van der Waals surface area (Å²) in [6.07, 6.45) is -6.35. The van der Waals surface area contributed by atoms with Crippen molar-refractivity contribution in [3.8, 4) is 17.0 Å². The van der Waals surface area contributed by atoms with E-state index in [0.29, 0.717) is 22.2 Å². The molecule has 4 rings (SSSR count). The molecule has 0 saturated carbocycles. The Morgan fingerprint density at radius 1 is 0.972 bits per heavy atom. The normalized spacial score (nSPS) is 13.9. The number of benzene rings is 3. The van der Waals surface area contributed by atoms with Gasteiger partial charge in [-0.1, -0.05) is 51.1 Å². The fraction of sp³-hybridized carbons (Fsp3) is 0.259. The summed E-state index contributed by atoms with van der Waals surface area (Å²) >= 11 is 0. The number of hydrogen-bond acceptors (Lipinski definition) is 3. The van der Waals surface area contributed by atoms with Crippen LogP contribution in [0.1, 0.15) is 32.4 Å². The number of carbonyl (C=O) groups excluding carboxylic acids is 1. The number of aromatic nitrogens is 2. The summed E-state index contributed by atoms with van der Waals surface area (Å²) in [6.45, 7) is 4.62. The lowest BCUT2D eigenvalue weighted by molar-refractivity contribution is -0.181. The number of nitrogens with zero attached hydrogens (tertiary/aromatic N) is 1. The molecule has 2 N–H and O–H groups in total. The zero-order valence-corrected chi connectivity index (χ0v) is 19.9. The second-order valence-corrected chi connectivity index (χ2v) is 9.48. The van der Waals surface area contributed by atoms with Gasteiger partial charge in [-0.05, 0) is 48.0 Å². The minimum absolute atomic E-state index is 0.153. The maximum atomic E-state index is 14.3. The molecule has 5 nitrogen and oxygen atoms in total. The first-order chi connectivity index (χ1) is 16.9. The Morgan fingerprint density at radius 2 is 1.64 bits per heavy atom. The molecule has 36 heavy (non-hydrogen) atoms. The number of amides is 1. The molecule has 2 atom stereocenters. The minimum atomic E-state index is -4.79. The third-order valence-corrected chi connectivity index (χ3v) is 5.67. The van der Waals surface area contributed by atoms with Gasteiger partial charge in [0.25, 0.3) is 0 Å². The van der Waals surface area contributed by atoms with Crippen molar-refractivity contribution < 1.29 is 27.1 Å². The highest BCUT2D eigenvalue weighted by Crippen LogP contribution is 2.36. The summed E-state index contributed by atoms with van der Waals surface area (Å²) in [6, 6.07) is 16.1. The molecule has 1 aromatic heterocycles. The first-order valence-electron chi connectivity index (χ1n) is 11.3. The van der Waals surface area contributed by atoms with Crippen molar-refractivity contribution in [2.24, 2.45) is 5.41 Å². The van der Waals surface area contributed by atoms with Gasteiger partial charge in [-0.25, -0.2) is 4.39 Å². The van der Waals surface area contributed by atoms with Crippen LogP contribution in [0.25, 0.3) is 22.2 Å². The summed E-state index contributed by atoms with van der Waals surface area (Å²) in [4.78, 5) is 12.6. The van der Waals surface area contributed by atoms with Crippen molar-refractivity contribution in [1.82, 2.24) is 15.5 Å². The topological polar surface area (TPSA) is 67.0 Å². The van der Waals surface area contributed by atoms with E-state index in [1.165, 1.54) is 51.1 Å². The number of ether oxygens (including phenoxy) is 1. The first-order valence-corrected chi connectivity index (χ1v) is 11.3. The van der Waals surface area contributed by atoms with E-state index in [0.717, 1.165) is 0 Å². The largest absolute Gasteiger partial charge is 0.483 e. The highest BCUT2D eigenvalue weighted by atomic mass is 19.4. The molecule has 0 aliphatic heterocycles. The van der Waals surface area contributed by atoms with Gasteiger partial charge < -0.3 is 10.1 Å². The van der Waals surface area contributed by atoms with Gasteiger partial charge in [0.2, 0.25) is 5.91 Å². The van der Waals surface area contributed by atoms with Gasteiger partial charge in [0.15, 0.2) is 12.1 Å². The van der Waals surface area contributed by atoms with Crippen LogP contribution in [0.15, 0.2) is 72.8 Å². The molecule has 0 spiro atoms. The van der Waals surface area contributed by atoms with Crippen molar-refractivity contribution in [1.29, 1.82) is 0 Å². The quantitative estimate of drug-likeness (QED) is 0.295. The highest BCUT2D eigenvalue weighted by molar-refractivity contribution is 5.93. The summed E-state index contributed by atoms with van der Waals surface area (Å²) in [5, 5.41) is 9.88. The summed E-state index contributed by atoms with van der Waals surface area (Å²) in [5.41, 5.74) is 0.974. The molecule has 1 amide bonds. The lowest BCUT2D eigenvalue weighted by Crippen LogP contribution is -2.53. The van der Waals surface area contributed by atoms with Crippen LogP contribution in [0.3, 0.4) is 0 Å². The van der Waals surface area contributed by atoms with Gasteiger partial charge in [-0.3, -0.25) is 9.89 Å². The predicted molar refractivity (Wildman–Crippen MR) is 129 cm³/mol. The van der Waals surface area contributed by atoms with Crippen LogP contribution < -0.4 is 10.1 Å². The van der Waals surface area contributed by atoms with Crippen molar-refractivity contribution in [2.45, 2.75) is 39.1 Å². The Kier molecular flexibility index (Phi) is 6.75. The molecule has 0 aliphatic rings. The van der Waals surface area contributed by atoms with Crippen molar-refractivity contribution in [2.75, 3.05) is 0 Å². The van der Waals surface area contributed by atoms with Crippen LogP contribution in [0, 0.1) is 11.2 Å². The number of rotatable bonds is 6. The smallest absolute Gasteiger partial charge is 0.412 e. The molecule has 0 fully saturated rings. The second kappa shape index (κ2) is 9.64. The van der Waals surface area contributed by atoms with Gasteiger partial charge in [-0.2, -0.15) is 18.3 Å². The van der Waals surface area contributed by atoms with Gasteiger partial charge >= 0.3 is 6.18 Å². The van der Waals surface area contributed by atoms with Crippen molar-refractivity contribution in [3.05, 3.63) is 84.2 Å². The summed E-state index contributed by atoms with van der Waals surface area (Å²) in [7, 11) is 0. The lowest BCUT2D eigenvalue weighted by Gasteiger charge is -2.32. The van der Waals surface area contributed by atoms with E-state index in [1.807, 2.05) is 0 Å². The third kappa shape index (κ3) is 5.50. The van der Waals surface area contributed by atoms with Gasteiger partial charge in [0.1, 0.15) is 17.3 Å². The second-order valence-electron chi connectivity index (χ2n) is 9.48. The van der Waals surface area contributed by atoms with E-state index in [9.17, 15) is 22.4 Å². The number of fused-ring (bicyclic) bond motifs is 1. The maximum absolute atomic E-state index is 14.3. The zero-order chi connectivity index (χ0) is 26.1. The van der Waals surface area contributed by atoms with Crippen molar-refractivity contribution >= 4 is 16.8 Å². The Morgan fingerprint density at radius 3 is 2.25 bits per heavy atom. The van der Waals surface area contributed by atoms with E-state index in [1.54, 1.807) is 42.5 Å². The Balaban J connectivity index is 1.75. The average Bonchev–Trinajstić information content (AvgIpc) is 3.24. The van der Waals surface area contributed by atoms with E-state index >= 15 is 0 Å². The van der Waals surface area contributed by atoms with Gasteiger partial charge in [0, 0.05) is 16.4 Å². The van der Waals surface area contributed by atoms with Crippen LogP contribution in [0.4, 0.5) is 17.6 Å².